The number of piperidine rings is 1. The minimum Gasteiger partial charge on any atom is -0.342 e. The van der Waals surface area contributed by atoms with E-state index >= 15 is 0 Å². The third-order valence-electron chi connectivity index (χ3n) is 7.12. The summed E-state index contributed by atoms with van der Waals surface area (Å²) in [5.41, 5.74) is 0. The van der Waals surface area contributed by atoms with Gasteiger partial charge in [-0.1, -0.05) is 12.8 Å². The number of amides is 1. The molecule has 3 fully saturated rings. The van der Waals surface area contributed by atoms with Crippen LogP contribution in [0.15, 0.2) is 0 Å². The molecule has 154 valence electrons. The summed E-state index contributed by atoms with van der Waals surface area (Å²) in [5.74, 6) is 1.87. The van der Waals surface area contributed by atoms with E-state index in [2.05, 4.69) is 15.1 Å². The molecule has 2 heterocycles. The number of Topliss-reactive ketones (excluding diaryl/α,β-unsaturated/α-hetero) is 1. The zero-order valence-electron chi connectivity index (χ0n) is 17.3. The van der Waals surface area contributed by atoms with Crippen molar-refractivity contribution in [3.05, 3.63) is 0 Å². The first kappa shape index (κ1) is 20.8. The summed E-state index contributed by atoms with van der Waals surface area (Å²) >= 11 is 0. The first-order chi connectivity index (χ1) is 13.1. The average Bonchev–Trinajstić information content (AvgIpc) is 2.72. The molecule has 0 bridgehead atoms. The molecule has 3 aliphatic rings. The summed E-state index contributed by atoms with van der Waals surface area (Å²) in [5, 5.41) is 3.41. The summed E-state index contributed by atoms with van der Waals surface area (Å²) < 4.78 is 0. The lowest BCUT2D eigenvalue weighted by Crippen LogP contribution is -2.43. The van der Waals surface area contributed by atoms with Gasteiger partial charge in [0.15, 0.2) is 0 Å². The van der Waals surface area contributed by atoms with Crippen molar-refractivity contribution in [2.24, 2.45) is 17.8 Å². The molecule has 5 heteroatoms. The van der Waals surface area contributed by atoms with Crippen LogP contribution in [0, 0.1) is 17.8 Å². The maximum Gasteiger partial charge on any atom is 0.225 e. The first-order valence-corrected chi connectivity index (χ1v) is 11.4. The predicted molar refractivity (Wildman–Crippen MR) is 109 cm³/mol. The molecule has 1 N–H and O–H groups in total. The van der Waals surface area contributed by atoms with Crippen molar-refractivity contribution in [2.45, 2.75) is 64.7 Å². The fourth-order valence-corrected chi connectivity index (χ4v) is 5.15. The normalized spacial score (nSPS) is 28.3. The zero-order valence-corrected chi connectivity index (χ0v) is 17.3. The van der Waals surface area contributed by atoms with Gasteiger partial charge in [-0.25, -0.2) is 0 Å². The van der Waals surface area contributed by atoms with Crippen LogP contribution in [0.5, 0.6) is 0 Å². The Balaban J connectivity index is 1.28. The van der Waals surface area contributed by atoms with Crippen molar-refractivity contribution < 1.29 is 9.59 Å². The molecule has 1 amide bonds. The van der Waals surface area contributed by atoms with Crippen LogP contribution in [-0.4, -0.2) is 67.3 Å². The Morgan fingerprint density at radius 1 is 0.852 bits per heavy atom. The summed E-state index contributed by atoms with van der Waals surface area (Å²) in [6.07, 6.45) is 9.99. The van der Waals surface area contributed by atoms with E-state index in [-0.39, 0.29) is 11.8 Å². The Hall–Kier alpha value is -0.940. The number of likely N-dealkylation sites (tertiary alicyclic amines) is 1. The lowest BCUT2D eigenvalue weighted by Gasteiger charge is -2.36. The van der Waals surface area contributed by atoms with Gasteiger partial charge in [-0.05, 0) is 64.3 Å². The fourth-order valence-electron chi connectivity index (χ4n) is 5.15. The third kappa shape index (κ3) is 6.28. The minimum atomic E-state index is 0.177. The summed E-state index contributed by atoms with van der Waals surface area (Å²) in [4.78, 5) is 29.0. The summed E-state index contributed by atoms with van der Waals surface area (Å²) in [6, 6.07) is 0. The Bertz CT molecular complexity index is 474. The molecule has 27 heavy (non-hydrogen) atoms. The number of hydrogen-bond acceptors (Lipinski definition) is 4. The van der Waals surface area contributed by atoms with Gasteiger partial charge >= 0.3 is 0 Å². The van der Waals surface area contributed by atoms with Crippen molar-refractivity contribution in [2.75, 3.05) is 45.8 Å². The van der Waals surface area contributed by atoms with E-state index in [1.54, 1.807) is 6.92 Å². The number of hydrogen-bond donors (Lipinski definition) is 1. The van der Waals surface area contributed by atoms with E-state index in [4.69, 9.17) is 0 Å². The van der Waals surface area contributed by atoms with Crippen molar-refractivity contribution in [3.63, 3.8) is 0 Å². The van der Waals surface area contributed by atoms with Crippen molar-refractivity contribution in [1.29, 1.82) is 0 Å². The predicted octanol–water partition coefficient (Wildman–Crippen LogP) is 2.70. The van der Waals surface area contributed by atoms with E-state index in [0.29, 0.717) is 11.7 Å². The lowest BCUT2D eigenvalue weighted by molar-refractivity contribution is -0.139. The number of piperazine rings is 1. The Labute approximate surface area is 165 Å². The molecule has 3 rings (SSSR count). The average molecular weight is 378 g/mol. The molecule has 1 saturated carbocycles. The molecular weight excluding hydrogens is 338 g/mol. The summed E-state index contributed by atoms with van der Waals surface area (Å²) in [6.45, 7) is 9.54. The fraction of sp³-hybridized carbons (Fsp3) is 0.909. The summed E-state index contributed by atoms with van der Waals surface area (Å²) in [7, 11) is 0. The molecule has 2 aliphatic heterocycles. The van der Waals surface area contributed by atoms with Gasteiger partial charge in [0.1, 0.15) is 5.78 Å². The highest BCUT2D eigenvalue weighted by molar-refractivity contribution is 5.81. The quantitative estimate of drug-likeness (QED) is 0.693. The highest BCUT2D eigenvalue weighted by atomic mass is 16.2. The Kier molecular flexibility index (Phi) is 8.13. The molecule has 0 aromatic rings. The molecule has 0 aromatic carbocycles. The van der Waals surface area contributed by atoms with Crippen LogP contribution in [0.2, 0.25) is 0 Å². The van der Waals surface area contributed by atoms with Crippen LogP contribution in [0.25, 0.3) is 0 Å². The van der Waals surface area contributed by atoms with Crippen molar-refractivity contribution in [3.8, 4) is 0 Å². The van der Waals surface area contributed by atoms with Crippen molar-refractivity contribution >= 4 is 11.7 Å². The highest BCUT2D eigenvalue weighted by Gasteiger charge is 2.32. The number of unbranched alkanes of at least 4 members (excludes halogenated alkanes) is 1. The smallest absolute Gasteiger partial charge is 0.225 e. The van der Waals surface area contributed by atoms with Gasteiger partial charge in [-0.2, -0.15) is 0 Å². The van der Waals surface area contributed by atoms with Gasteiger partial charge in [-0.15, -0.1) is 0 Å². The molecular formula is C22H39N3O2. The van der Waals surface area contributed by atoms with Crippen LogP contribution in [0.3, 0.4) is 0 Å². The number of carbonyl (C=O) groups is 2. The maximum atomic E-state index is 12.8. The van der Waals surface area contributed by atoms with E-state index < -0.39 is 0 Å². The molecule has 0 aromatic heterocycles. The second-order valence-corrected chi connectivity index (χ2v) is 9.02. The Morgan fingerprint density at radius 3 is 2.11 bits per heavy atom. The van der Waals surface area contributed by atoms with Crippen molar-refractivity contribution in [1.82, 2.24) is 15.1 Å². The third-order valence-corrected chi connectivity index (χ3v) is 7.12. The number of carbonyl (C=O) groups excluding carboxylic acids is 2. The SMILES string of the molecule is CC(=O)C1CCC(C(=O)N2CCC(CCCCN3CCNCC3)CC2)CC1. The van der Waals surface area contributed by atoms with Gasteiger partial charge < -0.3 is 15.1 Å². The molecule has 0 spiro atoms. The Morgan fingerprint density at radius 2 is 1.48 bits per heavy atom. The monoisotopic (exact) mass is 377 g/mol. The molecule has 0 radical (unpaired) electrons. The zero-order chi connectivity index (χ0) is 19.1. The van der Waals surface area contributed by atoms with Gasteiger partial charge in [0, 0.05) is 51.1 Å². The second kappa shape index (κ2) is 10.6. The van der Waals surface area contributed by atoms with E-state index in [1.165, 1.54) is 51.7 Å². The largest absolute Gasteiger partial charge is 0.342 e. The maximum absolute atomic E-state index is 12.8. The van der Waals surface area contributed by atoms with Crippen LogP contribution >= 0.6 is 0 Å². The lowest BCUT2D eigenvalue weighted by atomic mass is 9.79. The standard InChI is InChI=1S/C22H39N3O2/c1-18(26)20-5-7-21(8-6-20)22(27)25-14-9-19(10-15-25)4-2-3-13-24-16-11-23-12-17-24/h19-21,23H,2-17H2,1H3. The molecule has 2 saturated heterocycles. The minimum absolute atomic E-state index is 0.177. The number of nitrogens with zero attached hydrogens (tertiary/aromatic N) is 2. The number of ketones is 1. The molecule has 0 atom stereocenters. The first-order valence-electron chi connectivity index (χ1n) is 11.4. The van der Waals surface area contributed by atoms with Crippen LogP contribution < -0.4 is 5.32 Å². The van der Waals surface area contributed by atoms with Gasteiger partial charge in [-0.3, -0.25) is 9.59 Å². The molecule has 5 nitrogen and oxygen atoms in total. The highest BCUT2D eigenvalue weighted by Crippen LogP contribution is 2.32. The molecule has 0 unspecified atom stereocenters. The van der Waals surface area contributed by atoms with Gasteiger partial charge in [0.2, 0.25) is 5.91 Å². The van der Waals surface area contributed by atoms with Gasteiger partial charge in [0.25, 0.3) is 0 Å². The topological polar surface area (TPSA) is 52.7 Å². The van der Waals surface area contributed by atoms with Gasteiger partial charge in [0.05, 0.1) is 0 Å². The van der Waals surface area contributed by atoms with E-state index in [0.717, 1.165) is 57.8 Å². The van der Waals surface area contributed by atoms with Crippen LogP contribution in [0.4, 0.5) is 0 Å². The number of nitrogens with one attached hydrogen (secondary N) is 1. The van der Waals surface area contributed by atoms with Crippen LogP contribution in [-0.2, 0) is 9.59 Å². The second-order valence-electron chi connectivity index (χ2n) is 9.02. The molecule has 1 aliphatic carbocycles. The number of rotatable bonds is 7. The van der Waals surface area contributed by atoms with Crippen LogP contribution in [0.1, 0.15) is 64.7 Å². The van der Waals surface area contributed by atoms with E-state index in [9.17, 15) is 9.59 Å². The van der Waals surface area contributed by atoms with E-state index in [1.807, 2.05) is 0 Å².